The molecule has 0 spiro atoms. The molecule has 3 aromatic rings. The Hall–Kier alpha value is -4.60. The van der Waals surface area contributed by atoms with Gasteiger partial charge >= 0.3 is 0 Å². The van der Waals surface area contributed by atoms with Gasteiger partial charge in [0.05, 0.1) is 19.8 Å². The van der Waals surface area contributed by atoms with Crippen molar-refractivity contribution in [3.8, 4) is 11.5 Å². The lowest BCUT2D eigenvalue weighted by molar-refractivity contribution is -0.123. The van der Waals surface area contributed by atoms with E-state index in [4.69, 9.17) is 9.47 Å². The number of aromatic nitrogens is 1. The maximum atomic E-state index is 13.2. The smallest absolute Gasteiger partial charge is 0.253 e. The fourth-order valence-corrected chi connectivity index (χ4v) is 6.51. The van der Waals surface area contributed by atoms with Gasteiger partial charge in [-0.1, -0.05) is 18.2 Å². The van der Waals surface area contributed by atoms with E-state index in [9.17, 15) is 14.4 Å². The molecular formula is C34H41N5O5. The van der Waals surface area contributed by atoms with Crippen molar-refractivity contribution in [2.75, 3.05) is 32.2 Å². The molecule has 1 aromatic heterocycles. The van der Waals surface area contributed by atoms with Gasteiger partial charge in [-0.25, -0.2) is 4.98 Å². The van der Waals surface area contributed by atoms with Gasteiger partial charge in [0.2, 0.25) is 5.91 Å². The second kappa shape index (κ2) is 13.8. The summed E-state index contributed by atoms with van der Waals surface area (Å²) in [6.45, 7) is 5.05. The van der Waals surface area contributed by atoms with Crippen molar-refractivity contribution in [1.29, 1.82) is 0 Å². The standard InChI is InChI=1S/C34H41N5O5/c1-5-35-34(42)31(22-11-14-26(43-3)15-12-22)38-32(40)24-13-16-30(36-20-24)39-17-7-8-23-18-25(19-28(23)39)37-33(41)27-9-6-10-29(44-4)21(27)2/h6,9-16,20,23,25,28,31H,5,7-8,17-19H2,1-4H3,(H,35,42)(H,37,41)(H,38,40)/t23?,25?,28?,31-/m0/s1. The molecule has 1 saturated carbocycles. The number of carbonyl (C=O) groups is 3. The van der Waals surface area contributed by atoms with Crippen LogP contribution in [0.4, 0.5) is 5.82 Å². The zero-order valence-electron chi connectivity index (χ0n) is 25.8. The highest BCUT2D eigenvalue weighted by Gasteiger charge is 2.41. The zero-order chi connectivity index (χ0) is 31.2. The highest BCUT2D eigenvalue weighted by molar-refractivity contribution is 5.98. The number of benzene rings is 2. The summed E-state index contributed by atoms with van der Waals surface area (Å²) in [5.41, 5.74) is 2.49. The minimum absolute atomic E-state index is 0.0675. The molecule has 4 atom stereocenters. The van der Waals surface area contributed by atoms with Crippen LogP contribution in [0, 0.1) is 12.8 Å². The lowest BCUT2D eigenvalue weighted by Gasteiger charge is -2.38. The quantitative estimate of drug-likeness (QED) is 0.320. The Morgan fingerprint density at radius 2 is 1.80 bits per heavy atom. The number of nitrogens with zero attached hydrogens (tertiary/aromatic N) is 2. The van der Waals surface area contributed by atoms with Crippen LogP contribution in [0.3, 0.4) is 0 Å². The van der Waals surface area contributed by atoms with Crippen molar-refractivity contribution in [2.24, 2.45) is 5.92 Å². The molecule has 3 amide bonds. The number of anilines is 1. The number of hydrogen-bond acceptors (Lipinski definition) is 7. The fourth-order valence-electron chi connectivity index (χ4n) is 6.51. The zero-order valence-corrected chi connectivity index (χ0v) is 25.8. The molecule has 10 nitrogen and oxygen atoms in total. The third kappa shape index (κ3) is 6.64. The third-order valence-electron chi connectivity index (χ3n) is 8.76. The summed E-state index contributed by atoms with van der Waals surface area (Å²) in [4.78, 5) is 46.2. The molecule has 2 aliphatic rings. The molecule has 2 heterocycles. The molecule has 1 aliphatic carbocycles. The number of methoxy groups -OCH3 is 2. The van der Waals surface area contributed by atoms with Crippen LogP contribution in [-0.2, 0) is 4.79 Å². The van der Waals surface area contributed by atoms with Crippen molar-refractivity contribution < 1.29 is 23.9 Å². The monoisotopic (exact) mass is 599 g/mol. The Labute approximate surface area is 258 Å². The van der Waals surface area contributed by atoms with Crippen molar-refractivity contribution in [1.82, 2.24) is 20.9 Å². The summed E-state index contributed by atoms with van der Waals surface area (Å²) in [6.07, 6.45) is 5.47. The normalized spacial score (nSPS) is 19.8. The van der Waals surface area contributed by atoms with E-state index in [2.05, 4.69) is 25.8 Å². The highest BCUT2D eigenvalue weighted by atomic mass is 16.5. The van der Waals surface area contributed by atoms with Crippen LogP contribution in [-0.4, -0.2) is 62.1 Å². The van der Waals surface area contributed by atoms with Gasteiger partial charge < -0.3 is 30.3 Å². The molecule has 0 bridgehead atoms. The summed E-state index contributed by atoms with van der Waals surface area (Å²) < 4.78 is 10.6. The first kappa shape index (κ1) is 30.8. The molecule has 44 heavy (non-hydrogen) atoms. The molecule has 5 rings (SSSR count). The largest absolute Gasteiger partial charge is 0.497 e. The maximum absolute atomic E-state index is 13.2. The van der Waals surface area contributed by atoms with E-state index in [-0.39, 0.29) is 29.8 Å². The molecule has 3 N–H and O–H groups in total. The number of likely N-dealkylation sites (N-methyl/N-ethyl adjacent to an activating group) is 1. The molecule has 2 fully saturated rings. The van der Waals surface area contributed by atoms with Crippen LogP contribution in [0.2, 0.25) is 0 Å². The molecule has 10 heteroatoms. The topological polar surface area (TPSA) is 122 Å². The summed E-state index contributed by atoms with van der Waals surface area (Å²) in [6, 6.07) is 15.7. The van der Waals surface area contributed by atoms with Gasteiger partial charge in [-0.05, 0) is 87.4 Å². The van der Waals surface area contributed by atoms with Gasteiger partial charge in [0.25, 0.3) is 11.8 Å². The van der Waals surface area contributed by atoms with Crippen molar-refractivity contribution >= 4 is 23.5 Å². The van der Waals surface area contributed by atoms with Crippen LogP contribution in [0.15, 0.2) is 60.8 Å². The average Bonchev–Trinajstić information content (AvgIpc) is 3.46. The summed E-state index contributed by atoms with van der Waals surface area (Å²) in [5, 5.41) is 8.92. The van der Waals surface area contributed by atoms with Gasteiger partial charge in [0.15, 0.2) is 0 Å². The second-order valence-electron chi connectivity index (χ2n) is 11.4. The summed E-state index contributed by atoms with van der Waals surface area (Å²) in [5.74, 6) is 1.87. The molecule has 0 radical (unpaired) electrons. The molecule has 2 aromatic carbocycles. The number of carbonyl (C=O) groups excluding carboxylic acids is 3. The van der Waals surface area contributed by atoms with Gasteiger partial charge in [-0.2, -0.15) is 0 Å². The SMILES string of the molecule is CCNC(=O)[C@@H](NC(=O)c1ccc(N2CCCC3CC(NC(=O)c4cccc(OC)c4C)CC32)nc1)c1ccc(OC)cc1. The molecule has 232 valence electrons. The first-order chi connectivity index (χ1) is 21.3. The van der Waals surface area contributed by atoms with Gasteiger partial charge in [0.1, 0.15) is 23.4 Å². The predicted molar refractivity (Wildman–Crippen MR) is 168 cm³/mol. The lowest BCUT2D eigenvalue weighted by atomic mass is 9.92. The molecule has 3 unspecified atom stereocenters. The summed E-state index contributed by atoms with van der Waals surface area (Å²) >= 11 is 0. The Bertz CT molecular complexity index is 1480. The number of pyridine rings is 1. The minimum Gasteiger partial charge on any atom is -0.497 e. The number of ether oxygens (including phenoxy) is 2. The molecular weight excluding hydrogens is 558 g/mol. The van der Waals surface area contributed by atoms with E-state index >= 15 is 0 Å². The van der Waals surface area contributed by atoms with E-state index in [1.54, 1.807) is 50.7 Å². The van der Waals surface area contributed by atoms with Crippen LogP contribution < -0.4 is 30.3 Å². The Morgan fingerprint density at radius 1 is 1.00 bits per heavy atom. The second-order valence-corrected chi connectivity index (χ2v) is 11.4. The number of fused-ring (bicyclic) bond motifs is 1. The number of amides is 3. The van der Waals surface area contributed by atoms with Gasteiger partial charge in [-0.15, -0.1) is 0 Å². The van der Waals surface area contributed by atoms with E-state index in [0.29, 0.717) is 40.7 Å². The predicted octanol–water partition coefficient (Wildman–Crippen LogP) is 4.19. The lowest BCUT2D eigenvalue weighted by Crippen LogP contribution is -2.43. The first-order valence-corrected chi connectivity index (χ1v) is 15.2. The number of nitrogens with one attached hydrogen (secondary N) is 3. The first-order valence-electron chi connectivity index (χ1n) is 15.2. The fraction of sp³-hybridized carbons (Fsp3) is 0.412. The molecule has 1 aliphatic heterocycles. The van der Waals surface area contributed by atoms with Crippen LogP contribution in [0.25, 0.3) is 0 Å². The van der Waals surface area contributed by atoms with Crippen LogP contribution in [0.1, 0.15) is 70.5 Å². The summed E-state index contributed by atoms with van der Waals surface area (Å²) in [7, 11) is 3.19. The number of rotatable bonds is 10. The highest BCUT2D eigenvalue weighted by Crippen LogP contribution is 2.39. The Kier molecular flexibility index (Phi) is 9.67. The Balaban J connectivity index is 1.25. The van der Waals surface area contributed by atoms with Crippen LogP contribution >= 0.6 is 0 Å². The third-order valence-corrected chi connectivity index (χ3v) is 8.76. The average molecular weight is 600 g/mol. The van der Waals surface area contributed by atoms with Gasteiger partial charge in [0, 0.05) is 42.5 Å². The van der Waals surface area contributed by atoms with Crippen LogP contribution in [0.5, 0.6) is 11.5 Å². The number of piperidine rings is 1. The van der Waals surface area contributed by atoms with Crippen molar-refractivity contribution in [2.45, 2.75) is 57.7 Å². The van der Waals surface area contributed by atoms with Crippen molar-refractivity contribution in [3.63, 3.8) is 0 Å². The maximum Gasteiger partial charge on any atom is 0.253 e. The van der Waals surface area contributed by atoms with E-state index in [0.717, 1.165) is 43.6 Å². The van der Waals surface area contributed by atoms with E-state index in [1.807, 2.05) is 38.1 Å². The minimum atomic E-state index is -0.859. The van der Waals surface area contributed by atoms with Gasteiger partial charge in [-0.3, -0.25) is 14.4 Å². The van der Waals surface area contributed by atoms with Crippen molar-refractivity contribution in [3.05, 3.63) is 83.0 Å². The number of hydrogen-bond donors (Lipinski definition) is 3. The van der Waals surface area contributed by atoms with E-state index < -0.39 is 6.04 Å². The van der Waals surface area contributed by atoms with E-state index in [1.165, 1.54) is 0 Å². The molecule has 1 saturated heterocycles. The Morgan fingerprint density at radius 3 is 2.48 bits per heavy atom.